The Bertz CT molecular complexity index is 548. The van der Waals surface area contributed by atoms with Gasteiger partial charge in [0.1, 0.15) is 11.6 Å². The van der Waals surface area contributed by atoms with Crippen LogP contribution in [0.25, 0.3) is 0 Å². The van der Waals surface area contributed by atoms with Gasteiger partial charge in [-0.05, 0) is 12.1 Å². The predicted octanol–water partition coefficient (Wildman–Crippen LogP) is 0.945. The third-order valence-corrected chi connectivity index (χ3v) is 3.73. The van der Waals surface area contributed by atoms with E-state index in [1.165, 1.54) is 11.0 Å². The summed E-state index contributed by atoms with van der Waals surface area (Å²) in [6, 6.07) is 3.36. The van der Waals surface area contributed by atoms with Crippen LogP contribution in [0.5, 0.6) is 0 Å². The number of aliphatic carboxylic acids is 1. The van der Waals surface area contributed by atoms with Crippen molar-refractivity contribution in [3.8, 4) is 0 Å². The number of hydrogen-bond acceptors (Lipinski definition) is 3. The monoisotopic (exact) mass is 299 g/mol. The molecule has 0 saturated carbocycles. The number of amides is 1. The molecule has 0 atom stereocenters. The zero-order valence-electron chi connectivity index (χ0n) is 11.2. The average Bonchev–Trinajstić information content (AvgIpc) is 2.43. The van der Waals surface area contributed by atoms with E-state index in [1.807, 2.05) is 0 Å². The summed E-state index contributed by atoms with van der Waals surface area (Å²) >= 11 is 0. The third-order valence-electron chi connectivity index (χ3n) is 3.73. The lowest BCUT2D eigenvalue weighted by Gasteiger charge is -2.35. The fourth-order valence-electron chi connectivity index (χ4n) is 2.30. The molecule has 1 aromatic carbocycles. The Morgan fingerprint density at radius 2 is 1.71 bits per heavy atom. The van der Waals surface area contributed by atoms with E-state index in [2.05, 4.69) is 0 Å². The summed E-state index contributed by atoms with van der Waals surface area (Å²) in [6.45, 7) is 0.0788. The van der Waals surface area contributed by atoms with E-state index in [9.17, 15) is 23.5 Å². The lowest BCUT2D eigenvalue weighted by Crippen LogP contribution is -2.51. The first-order chi connectivity index (χ1) is 9.83. The second kappa shape index (κ2) is 5.77. The lowest BCUT2D eigenvalue weighted by molar-refractivity contribution is -0.165. The summed E-state index contributed by atoms with van der Waals surface area (Å²) in [6.07, 6.45) is -0.633. The van der Waals surface area contributed by atoms with Crippen LogP contribution >= 0.6 is 0 Å². The number of rotatable bonds is 3. The van der Waals surface area contributed by atoms with Gasteiger partial charge in [-0.1, -0.05) is 6.07 Å². The quantitative estimate of drug-likeness (QED) is 0.871. The molecule has 0 aliphatic carbocycles. The Morgan fingerprint density at radius 3 is 2.19 bits per heavy atom. The van der Waals surface area contributed by atoms with Crippen molar-refractivity contribution < 1.29 is 28.6 Å². The predicted molar refractivity (Wildman–Crippen MR) is 68.5 cm³/mol. The highest BCUT2D eigenvalue weighted by molar-refractivity contribution is 5.81. The van der Waals surface area contributed by atoms with Crippen molar-refractivity contribution in [2.45, 2.75) is 24.9 Å². The summed E-state index contributed by atoms with van der Waals surface area (Å²) in [7, 11) is 0. The molecule has 114 valence electrons. The molecule has 0 bridgehead atoms. The van der Waals surface area contributed by atoms with E-state index in [0.717, 1.165) is 12.1 Å². The van der Waals surface area contributed by atoms with Gasteiger partial charge < -0.3 is 15.1 Å². The number of carboxylic acid groups (broad SMARTS) is 1. The number of halogens is 2. The number of benzene rings is 1. The van der Waals surface area contributed by atoms with E-state index in [1.54, 1.807) is 0 Å². The van der Waals surface area contributed by atoms with Gasteiger partial charge in [0.15, 0.2) is 5.60 Å². The number of likely N-dealkylation sites (tertiary alicyclic amines) is 1. The number of piperidine rings is 1. The van der Waals surface area contributed by atoms with E-state index in [0.29, 0.717) is 0 Å². The first-order valence-corrected chi connectivity index (χ1v) is 6.50. The SMILES string of the molecule is O=C(Cc1c(F)cccc1F)N1CCC(O)(C(=O)O)CC1. The van der Waals surface area contributed by atoms with E-state index >= 15 is 0 Å². The van der Waals surface area contributed by atoms with Gasteiger partial charge in [0.2, 0.25) is 5.91 Å². The smallest absolute Gasteiger partial charge is 0.335 e. The molecule has 1 aromatic rings. The van der Waals surface area contributed by atoms with Crippen molar-refractivity contribution in [1.29, 1.82) is 0 Å². The normalized spacial score (nSPS) is 17.6. The minimum absolute atomic E-state index is 0.0394. The van der Waals surface area contributed by atoms with Crippen LogP contribution in [-0.4, -0.2) is 45.7 Å². The van der Waals surface area contributed by atoms with Crippen LogP contribution in [0.15, 0.2) is 18.2 Å². The van der Waals surface area contributed by atoms with Crippen LogP contribution in [-0.2, 0) is 16.0 Å². The maximum Gasteiger partial charge on any atom is 0.335 e. The fraction of sp³-hybridized carbons (Fsp3) is 0.429. The van der Waals surface area contributed by atoms with Gasteiger partial charge in [-0.2, -0.15) is 0 Å². The Morgan fingerprint density at radius 1 is 1.19 bits per heavy atom. The van der Waals surface area contributed by atoms with Crippen molar-refractivity contribution in [3.05, 3.63) is 35.4 Å². The number of carbonyl (C=O) groups is 2. The van der Waals surface area contributed by atoms with E-state index < -0.39 is 35.5 Å². The first-order valence-electron chi connectivity index (χ1n) is 6.50. The second-order valence-electron chi connectivity index (χ2n) is 5.09. The maximum absolute atomic E-state index is 13.5. The van der Waals surface area contributed by atoms with Gasteiger partial charge in [0.25, 0.3) is 0 Å². The number of carboxylic acids is 1. The molecule has 1 heterocycles. The van der Waals surface area contributed by atoms with Gasteiger partial charge in [0.05, 0.1) is 6.42 Å². The van der Waals surface area contributed by atoms with Crippen molar-refractivity contribution in [2.24, 2.45) is 0 Å². The Labute approximate surface area is 119 Å². The Kier molecular flexibility index (Phi) is 4.22. The molecule has 1 amide bonds. The minimum Gasteiger partial charge on any atom is -0.479 e. The fourth-order valence-corrected chi connectivity index (χ4v) is 2.30. The van der Waals surface area contributed by atoms with Crippen LogP contribution in [0, 0.1) is 11.6 Å². The lowest BCUT2D eigenvalue weighted by atomic mass is 9.91. The molecule has 0 aromatic heterocycles. The highest BCUT2D eigenvalue weighted by atomic mass is 19.1. The molecule has 0 radical (unpaired) electrons. The zero-order valence-corrected chi connectivity index (χ0v) is 11.2. The molecular weight excluding hydrogens is 284 g/mol. The molecule has 1 aliphatic heterocycles. The molecule has 5 nitrogen and oxygen atoms in total. The third kappa shape index (κ3) is 3.18. The van der Waals surface area contributed by atoms with Crippen LogP contribution in [0.4, 0.5) is 8.78 Å². The van der Waals surface area contributed by atoms with Gasteiger partial charge in [-0.15, -0.1) is 0 Å². The largest absolute Gasteiger partial charge is 0.479 e. The first kappa shape index (κ1) is 15.4. The Hall–Kier alpha value is -2.02. The Balaban J connectivity index is 2.02. The standard InChI is InChI=1S/C14H15F2NO4/c15-10-2-1-3-11(16)9(10)8-12(18)17-6-4-14(21,5-7-17)13(19)20/h1-3,21H,4-8H2,(H,19,20). The number of nitrogens with zero attached hydrogens (tertiary/aromatic N) is 1. The van der Waals surface area contributed by atoms with Crippen molar-refractivity contribution >= 4 is 11.9 Å². The van der Waals surface area contributed by atoms with Crippen LogP contribution in [0.3, 0.4) is 0 Å². The minimum atomic E-state index is -1.83. The number of hydrogen-bond donors (Lipinski definition) is 2. The average molecular weight is 299 g/mol. The molecule has 1 saturated heterocycles. The van der Waals surface area contributed by atoms with Crippen LogP contribution in [0.2, 0.25) is 0 Å². The topological polar surface area (TPSA) is 77.8 Å². The van der Waals surface area contributed by atoms with Gasteiger partial charge in [-0.25, -0.2) is 13.6 Å². The number of aliphatic hydroxyl groups is 1. The van der Waals surface area contributed by atoms with E-state index in [-0.39, 0.29) is 31.5 Å². The molecule has 2 rings (SSSR count). The summed E-state index contributed by atoms with van der Waals surface area (Å²) < 4.78 is 27.0. The van der Waals surface area contributed by atoms with E-state index in [4.69, 9.17) is 5.11 Å². The summed E-state index contributed by atoms with van der Waals surface area (Å²) in [5.41, 5.74) is -2.14. The van der Waals surface area contributed by atoms with Gasteiger partial charge in [0, 0.05) is 31.5 Å². The highest BCUT2D eigenvalue weighted by Gasteiger charge is 2.40. The van der Waals surface area contributed by atoms with Crippen LogP contribution < -0.4 is 0 Å². The number of carbonyl (C=O) groups excluding carboxylic acids is 1. The molecule has 2 N–H and O–H groups in total. The molecule has 21 heavy (non-hydrogen) atoms. The molecular formula is C14H15F2NO4. The van der Waals surface area contributed by atoms with Crippen molar-refractivity contribution in [3.63, 3.8) is 0 Å². The summed E-state index contributed by atoms with van der Waals surface area (Å²) in [4.78, 5) is 24.2. The molecule has 7 heteroatoms. The molecule has 1 aliphatic rings. The molecule has 1 fully saturated rings. The van der Waals surface area contributed by atoms with Gasteiger partial charge >= 0.3 is 5.97 Å². The second-order valence-corrected chi connectivity index (χ2v) is 5.09. The maximum atomic E-state index is 13.5. The highest BCUT2D eigenvalue weighted by Crippen LogP contribution is 2.23. The summed E-state index contributed by atoms with van der Waals surface area (Å²) in [5.74, 6) is -3.40. The van der Waals surface area contributed by atoms with Crippen LogP contribution in [0.1, 0.15) is 18.4 Å². The summed E-state index contributed by atoms with van der Waals surface area (Å²) in [5, 5.41) is 18.6. The zero-order chi connectivity index (χ0) is 15.6. The van der Waals surface area contributed by atoms with Gasteiger partial charge in [-0.3, -0.25) is 4.79 Å². The molecule has 0 spiro atoms. The molecule has 0 unspecified atom stereocenters. The van der Waals surface area contributed by atoms with Crippen molar-refractivity contribution in [1.82, 2.24) is 4.90 Å². The van der Waals surface area contributed by atoms with Crippen molar-refractivity contribution in [2.75, 3.05) is 13.1 Å².